The Kier molecular flexibility index (Phi) is 2.14. The molecule has 0 spiro atoms. The minimum Gasteiger partial charge on any atom is -0.441 e. The molecule has 0 saturated heterocycles. The molecule has 2 aromatic rings. The van der Waals surface area contributed by atoms with Crippen LogP contribution in [-0.2, 0) is 0 Å². The third kappa shape index (κ3) is 1.57. The number of pyridine rings is 1. The van der Waals surface area contributed by atoms with E-state index in [-0.39, 0.29) is 0 Å². The first-order valence-corrected chi connectivity index (χ1v) is 4.30. The van der Waals surface area contributed by atoms with Gasteiger partial charge in [0.25, 0.3) is 0 Å². The molecule has 2 heterocycles. The van der Waals surface area contributed by atoms with Gasteiger partial charge >= 0.3 is 0 Å². The molecule has 0 atom stereocenters. The van der Waals surface area contributed by atoms with Gasteiger partial charge in [-0.2, -0.15) is 0 Å². The predicted molar refractivity (Wildman–Crippen MR) is 54.6 cm³/mol. The van der Waals surface area contributed by atoms with E-state index in [4.69, 9.17) is 4.42 Å². The highest BCUT2D eigenvalue weighted by atomic mass is 16.4. The van der Waals surface area contributed by atoms with Crippen molar-refractivity contribution >= 4 is 6.08 Å². The number of rotatable bonds is 2. The van der Waals surface area contributed by atoms with Crippen LogP contribution in [0.5, 0.6) is 0 Å². The molecule has 0 N–H and O–H groups in total. The lowest BCUT2D eigenvalue weighted by atomic mass is 10.2. The number of oxazole rings is 1. The summed E-state index contributed by atoms with van der Waals surface area (Å²) >= 11 is 0. The Balaban J connectivity index is 2.46. The Morgan fingerprint density at radius 3 is 2.86 bits per heavy atom. The number of nitrogens with zero attached hydrogens (tertiary/aromatic N) is 2. The minimum absolute atomic E-state index is 0.656. The second kappa shape index (κ2) is 3.46. The van der Waals surface area contributed by atoms with Crippen LogP contribution in [0.3, 0.4) is 0 Å². The van der Waals surface area contributed by atoms with Gasteiger partial charge in [-0.25, -0.2) is 4.98 Å². The van der Waals surface area contributed by atoms with Crippen LogP contribution < -0.4 is 0 Å². The molecule has 70 valence electrons. The molecule has 3 nitrogen and oxygen atoms in total. The van der Waals surface area contributed by atoms with E-state index in [2.05, 4.69) is 16.5 Å². The molecule has 2 rings (SSSR count). The number of aryl methyl sites for hydroxylation is 1. The summed E-state index contributed by atoms with van der Waals surface area (Å²) in [6, 6.07) is 1.96. The highest BCUT2D eigenvalue weighted by Crippen LogP contribution is 2.20. The van der Waals surface area contributed by atoms with Gasteiger partial charge in [0.2, 0.25) is 0 Å². The highest BCUT2D eigenvalue weighted by molar-refractivity contribution is 5.60. The van der Waals surface area contributed by atoms with Gasteiger partial charge in [-0.15, -0.1) is 0 Å². The third-order valence-electron chi connectivity index (χ3n) is 1.90. The molecule has 3 heteroatoms. The van der Waals surface area contributed by atoms with Crippen molar-refractivity contribution in [3.8, 4) is 11.3 Å². The summed E-state index contributed by atoms with van der Waals surface area (Å²) in [5, 5.41) is 0. The zero-order valence-corrected chi connectivity index (χ0v) is 7.90. The lowest BCUT2D eigenvalue weighted by molar-refractivity contribution is 0.534. The van der Waals surface area contributed by atoms with Crippen LogP contribution in [0.1, 0.15) is 11.5 Å². The van der Waals surface area contributed by atoms with E-state index in [1.165, 1.54) is 0 Å². The van der Waals surface area contributed by atoms with Crippen molar-refractivity contribution in [1.82, 2.24) is 9.97 Å². The smallest absolute Gasteiger partial charge is 0.191 e. The number of hydrogen-bond acceptors (Lipinski definition) is 3. The Morgan fingerprint density at radius 2 is 2.21 bits per heavy atom. The van der Waals surface area contributed by atoms with Gasteiger partial charge < -0.3 is 4.42 Å². The highest BCUT2D eigenvalue weighted by Gasteiger charge is 2.03. The van der Waals surface area contributed by atoms with Gasteiger partial charge in [-0.1, -0.05) is 12.7 Å². The maximum absolute atomic E-state index is 5.38. The van der Waals surface area contributed by atoms with E-state index >= 15 is 0 Å². The fourth-order valence-electron chi connectivity index (χ4n) is 1.20. The van der Waals surface area contributed by atoms with Crippen molar-refractivity contribution in [3.05, 3.63) is 42.7 Å². The zero-order chi connectivity index (χ0) is 9.97. The van der Waals surface area contributed by atoms with Crippen molar-refractivity contribution < 1.29 is 4.42 Å². The Bertz CT molecular complexity index is 460. The van der Waals surface area contributed by atoms with Crippen LogP contribution in [0.4, 0.5) is 0 Å². The summed E-state index contributed by atoms with van der Waals surface area (Å²) in [6.07, 6.45) is 6.94. The van der Waals surface area contributed by atoms with E-state index in [9.17, 15) is 0 Å². The van der Waals surface area contributed by atoms with Crippen molar-refractivity contribution in [2.24, 2.45) is 0 Å². The summed E-state index contributed by atoms with van der Waals surface area (Å²) in [6.45, 7) is 5.50. The predicted octanol–water partition coefficient (Wildman–Crippen LogP) is 2.69. The van der Waals surface area contributed by atoms with Crippen molar-refractivity contribution in [2.45, 2.75) is 6.92 Å². The fourth-order valence-corrected chi connectivity index (χ4v) is 1.20. The lowest BCUT2D eigenvalue weighted by Gasteiger charge is -1.96. The molecular formula is C11H10N2O. The number of aromatic nitrogens is 2. The molecule has 14 heavy (non-hydrogen) atoms. The van der Waals surface area contributed by atoms with E-state index in [1.807, 2.05) is 13.0 Å². The monoisotopic (exact) mass is 186 g/mol. The molecule has 0 aliphatic heterocycles. The first-order valence-electron chi connectivity index (χ1n) is 4.30. The Morgan fingerprint density at radius 1 is 1.36 bits per heavy atom. The molecule has 0 unspecified atom stereocenters. The Hall–Kier alpha value is -1.90. The van der Waals surface area contributed by atoms with Crippen LogP contribution in [0.25, 0.3) is 17.4 Å². The van der Waals surface area contributed by atoms with E-state index in [0.29, 0.717) is 5.89 Å². The topological polar surface area (TPSA) is 38.9 Å². The van der Waals surface area contributed by atoms with E-state index in [0.717, 1.165) is 16.9 Å². The second-order valence-corrected chi connectivity index (χ2v) is 2.95. The van der Waals surface area contributed by atoms with Crippen LogP contribution in [-0.4, -0.2) is 9.97 Å². The molecule has 0 radical (unpaired) electrons. The van der Waals surface area contributed by atoms with Gasteiger partial charge in [-0.05, 0) is 11.6 Å². The largest absolute Gasteiger partial charge is 0.441 e. The third-order valence-corrected chi connectivity index (χ3v) is 1.90. The summed E-state index contributed by atoms with van der Waals surface area (Å²) in [5.74, 6) is 1.39. The Labute approximate surface area is 82.1 Å². The molecule has 0 fully saturated rings. The number of hydrogen-bond donors (Lipinski definition) is 0. The summed E-state index contributed by atoms with van der Waals surface area (Å²) in [7, 11) is 0. The van der Waals surface area contributed by atoms with Gasteiger partial charge in [0.15, 0.2) is 11.7 Å². The average Bonchev–Trinajstić information content (AvgIpc) is 2.65. The van der Waals surface area contributed by atoms with Crippen LogP contribution >= 0.6 is 0 Å². The molecule has 0 aliphatic rings. The quantitative estimate of drug-likeness (QED) is 0.723. The zero-order valence-electron chi connectivity index (χ0n) is 7.90. The average molecular weight is 186 g/mol. The van der Waals surface area contributed by atoms with Crippen molar-refractivity contribution in [3.63, 3.8) is 0 Å². The normalized spacial score (nSPS) is 10.1. The van der Waals surface area contributed by atoms with Crippen LogP contribution in [0.2, 0.25) is 0 Å². The maximum atomic E-state index is 5.38. The van der Waals surface area contributed by atoms with Gasteiger partial charge in [0, 0.05) is 24.9 Å². The molecule has 2 aromatic heterocycles. The van der Waals surface area contributed by atoms with Crippen molar-refractivity contribution in [1.29, 1.82) is 0 Å². The molecule has 0 aliphatic carbocycles. The summed E-state index contributed by atoms with van der Waals surface area (Å²) in [5.41, 5.74) is 1.89. The molecule has 0 saturated carbocycles. The first kappa shape index (κ1) is 8.69. The summed E-state index contributed by atoms with van der Waals surface area (Å²) in [4.78, 5) is 8.11. The summed E-state index contributed by atoms with van der Waals surface area (Å²) < 4.78 is 5.38. The molecule has 0 bridgehead atoms. The standard InChI is InChI=1S/C11H10N2O/c1-3-9-4-10(6-12-5-9)11-7-13-8(2)14-11/h3-7H,1H2,2H3. The van der Waals surface area contributed by atoms with Gasteiger partial charge in [0.1, 0.15) is 0 Å². The molecule has 0 aromatic carbocycles. The SMILES string of the molecule is C=Cc1cncc(-c2cnc(C)o2)c1. The fraction of sp³-hybridized carbons (Fsp3) is 0.0909. The first-order chi connectivity index (χ1) is 6.79. The van der Waals surface area contributed by atoms with Crippen molar-refractivity contribution in [2.75, 3.05) is 0 Å². The minimum atomic E-state index is 0.656. The second-order valence-electron chi connectivity index (χ2n) is 2.95. The lowest BCUT2D eigenvalue weighted by Crippen LogP contribution is -1.79. The van der Waals surface area contributed by atoms with Crippen LogP contribution in [0.15, 0.2) is 35.7 Å². The van der Waals surface area contributed by atoms with Crippen LogP contribution in [0, 0.1) is 6.92 Å². The van der Waals surface area contributed by atoms with E-state index in [1.54, 1.807) is 24.7 Å². The molecular weight excluding hydrogens is 176 g/mol. The van der Waals surface area contributed by atoms with E-state index < -0.39 is 0 Å². The van der Waals surface area contributed by atoms with Gasteiger partial charge in [0.05, 0.1) is 6.20 Å². The van der Waals surface area contributed by atoms with Gasteiger partial charge in [-0.3, -0.25) is 4.98 Å². The maximum Gasteiger partial charge on any atom is 0.191 e. The molecule has 0 amide bonds.